The highest BCUT2D eigenvalue weighted by atomic mass is 79.9. The van der Waals surface area contributed by atoms with Gasteiger partial charge < -0.3 is 10.2 Å². The van der Waals surface area contributed by atoms with Gasteiger partial charge in [-0.15, -0.1) is 0 Å². The van der Waals surface area contributed by atoms with Gasteiger partial charge in [0.2, 0.25) is 0 Å². The lowest BCUT2D eigenvalue weighted by molar-refractivity contribution is 0.101. The molecule has 0 amide bonds. The summed E-state index contributed by atoms with van der Waals surface area (Å²) in [5.41, 5.74) is 6.48. The molecule has 1 heterocycles. The van der Waals surface area contributed by atoms with E-state index in [9.17, 15) is 4.79 Å². The van der Waals surface area contributed by atoms with Crippen LogP contribution in [0, 0.1) is 0 Å². The van der Waals surface area contributed by atoms with Crippen LogP contribution in [-0.2, 0) is 0 Å². The smallest absolute Gasteiger partial charge is 0.293 e. The summed E-state index contributed by atoms with van der Waals surface area (Å²) in [7, 11) is 0. The van der Waals surface area contributed by atoms with Crippen LogP contribution < -0.4 is 5.73 Å². The van der Waals surface area contributed by atoms with Gasteiger partial charge in [-0.2, -0.15) is 4.98 Å². The first-order chi connectivity index (χ1) is 7.58. The Kier molecular flexibility index (Phi) is 2.78. The minimum atomic E-state index is -0.171. The second-order valence-corrected chi connectivity index (χ2v) is 4.21. The van der Waals surface area contributed by atoms with E-state index in [0.717, 1.165) is 10.0 Å². The number of hydrogen-bond donors (Lipinski definition) is 1. The van der Waals surface area contributed by atoms with Gasteiger partial charge in [-0.25, -0.2) is 0 Å². The monoisotopic (exact) mass is 280 g/mol. The standard InChI is InChI=1S/C11H9BrN2O2/c1-6(15)9-10(16-11(13)14-9)7-3-2-4-8(12)5-7/h2-5H,1H3,(H2,13,14). The van der Waals surface area contributed by atoms with Gasteiger partial charge in [0.25, 0.3) is 6.01 Å². The van der Waals surface area contributed by atoms with Crippen LogP contribution in [0.1, 0.15) is 17.4 Å². The van der Waals surface area contributed by atoms with Crippen molar-refractivity contribution >= 4 is 27.7 Å². The Morgan fingerprint density at radius 3 is 2.88 bits per heavy atom. The fourth-order valence-electron chi connectivity index (χ4n) is 1.40. The molecule has 0 atom stereocenters. The SMILES string of the molecule is CC(=O)c1nc(N)oc1-c1cccc(Br)c1. The molecule has 0 bridgehead atoms. The molecule has 2 N–H and O–H groups in total. The summed E-state index contributed by atoms with van der Waals surface area (Å²) in [4.78, 5) is 15.2. The molecule has 0 aliphatic heterocycles. The number of nitrogens with zero attached hydrogens (tertiary/aromatic N) is 1. The van der Waals surface area contributed by atoms with Crippen LogP contribution in [0.25, 0.3) is 11.3 Å². The van der Waals surface area contributed by atoms with Gasteiger partial charge in [-0.3, -0.25) is 4.79 Å². The van der Waals surface area contributed by atoms with Crippen LogP contribution in [0.2, 0.25) is 0 Å². The third-order valence-corrected chi connectivity index (χ3v) is 2.56. The van der Waals surface area contributed by atoms with Gasteiger partial charge in [0.15, 0.2) is 17.2 Å². The van der Waals surface area contributed by atoms with Crippen molar-refractivity contribution in [2.45, 2.75) is 6.92 Å². The first-order valence-corrected chi connectivity index (χ1v) is 5.40. The summed E-state index contributed by atoms with van der Waals surface area (Å²) in [6.07, 6.45) is 0. The van der Waals surface area contributed by atoms with E-state index in [4.69, 9.17) is 10.2 Å². The van der Waals surface area contributed by atoms with Crippen molar-refractivity contribution in [3.8, 4) is 11.3 Å². The molecule has 16 heavy (non-hydrogen) atoms. The highest BCUT2D eigenvalue weighted by Crippen LogP contribution is 2.28. The van der Waals surface area contributed by atoms with Gasteiger partial charge >= 0.3 is 0 Å². The van der Waals surface area contributed by atoms with Crippen LogP contribution in [0.5, 0.6) is 0 Å². The molecule has 0 saturated carbocycles. The lowest BCUT2D eigenvalue weighted by Crippen LogP contribution is -1.95. The normalized spacial score (nSPS) is 10.4. The molecule has 5 heteroatoms. The Balaban J connectivity index is 2.59. The van der Waals surface area contributed by atoms with E-state index < -0.39 is 0 Å². The second kappa shape index (κ2) is 4.09. The lowest BCUT2D eigenvalue weighted by Gasteiger charge is -1.98. The summed E-state index contributed by atoms with van der Waals surface area (Å²) in [6, 6.07) is 7.41. The fourth-order valence-corrected chi connectivity index (χ4v) is 1.80. The Labute approximate surface area is 101 Å². The number of hydrogen-bond acceptors (Lipinski definition) is 4. The first-order valence-electron chi connectivity index (χ1n) is 4.61. The zero-order valence-electron chi connectivity index (χ0n) is 8.53. The summed E-state index contributed by atoms with van der Waals surface area (Å²) in [5, 5.41) is 0. The molecule has 82 valence electrons. The summed E-state index contributed by atoms with van der Waals surface area (Å²) in [6.45, 7) is 1.43. The number of rotatable bonds is 2. The van der Waals surface area contributed by atoms with Gasteiger partial charge in [0.05, 0.1) is 0 Å². The molecule has 2 aromatic rings. The number of ketones is 1. The zero-order valence-corrected chi connectivity index (χ0v) is 10.1. The summed E-state index contributed by atoms with van der Waals surface area (Å²) < 4.78 is 6.14. The molecule has 4 nitrogen and oxygen atoms in total. The number of carbonyl (C=O) groups is 1. The predicted molar refractivity (Wildman–Crippen MR) is 64.1 cm³/mol. The number of halogens is 1. The molecule has 0 fully saturated rings. The van der Waals surface area contributed by atoms with Crippen LogP contribution in [0.15, 0.2) is 33.2 Å². The number of nitrogens with two attached hydrogens (primary N) is 1. The molecule has 1 aromatic carbocycles. The number of oxazole rings is 1. The van der Waals surface area contributed by atoms with Crippen molar-refractivity contribution in [3.63, 3.8) is 0 Å². The molecule has 0 radical (unpaired) electrons. The van der Waals surface area contributed by atoms with Crippen molar-refractivity contribution < 1.29 is 9.21 Å². The Hall–Kier alpha value is -1.62. The maximum absolute atomic E-state index is 11.3. The third-order valence-electron chi connectivity index (χ3n) is 2.06. The molecule has 0 saturated heterocycles. The molecular weight excluding hydrogens is 272 g/mol. The van der Waals surface area contributed by atoms with E-state index in [0.29, 0.717) is 5.76 Å². The molecular formula is C11H9BrN2O2. The van der Waals surface area contributed by atoms with E-state index in [1.807, 2.05) is 24.3 Å². The number of benzene rings is 1. The Morgan fingerprint density at radius 1 is 1.50 bits per heavy atom. The Bertz CT molecular complexity index is 549. The molecule has 0 aliphatic carbocycles. The van der Waals surface area contributed by atoms with Crippen LogP contribution in [-0.4, -0.2) is 10.8 Å². The maximum atomic E-state index is 11.3. The molecule has 0 aliphatic rings. The zero-order chi connectivity index (χ0) is 11.7. The largest absolute Gasteiger partial charge is 0.423 e. The number of Topliss-reactive ketones (excluding diaryl/α,β-unsaturated/α-hetero) is 1. The third kappa shape index (κ3) is 1.99. The predicted octanol–water partition coefficient (Wildman–Crippen LogP) is 2.89. The van der Waals surface area contributed by atoms with Gasteiger partial charge in [-0.1, -0.05) is 28.1 Å². The first kappa shape index (κ1) is 10.9. The van der Waals surface area contributed by atoms with Crippen molar-refractivity contribution in [3.05, 3.63) is 34.4 Å². The topological polar surface area (TPSA) is 69.1 Å². The van der Waals surface area contributed by atoms with E-state index in [2.05, 4.69) is 20.9 Å². The number of aromatic nitrogens is 1. The van der Waals surface area contributed by atoms with Crippen LogP contribution >= 0.6 is 15.9 Å². The highest BCUT2D eigenvalue weighted by molar-refractivity contribution is 9.10. The van der Waals surface area contributed by atoms with E-state index >= 15 is 0 Å². The molecule has 1 aromatic heterocycles. The van der Waals surface area contributed by atoms with Crippen molar-refractivity contribution in [1.29, 1.82) is 0 Å². The lowest BCUT2D eigenvalue weighted by atomic mass is 10.1. The fraction of sp³-hybridized carbons (Fsp3) is 0.0909. The molecule has 0 spiro atoms. The van der Waals surface area contributed by atoms with Gasteiger partial charge in [-0.05, 0) is 12.1 Å². The number of nitrogen functional groups attached to an aromatic ring is 1. The number of anilines is 1. The highest BCUT2D eigenvalue weighted by Gasteiger charge is 2.17. The second-order valence-electron chi connectivity index (χ2n) is 3.30. The summed E-state index contributed by atoms with van der Waals surface area (Å²) in [5.74, 6) is 0.238. The minimum Gasteiger partial charge on any atom is -0.423 e. The van der Waals surface area contributed by atoms with Crippen molar-refractivity contribution in [2.24, 2.45) is 0 Å². The number of carbonyl (C=O) groups excluding carboxylic acids is 1. The van der Waals surface area contributed by atoms with E-state index in [1.54, 1.807) is 0 Å². The molecule has 2 rings (SSSR count). The van der Waals surface area contributed by atoms with Gasteiger partial charge in [0, 0.05) is 17.0 Å². The van der Waals surface area contributed by atoms with Crippen LogP contribution in [0.4, 0.5) is 6.01 Å². The average molecular weight is 281 g/mol. The summed E-state index contributed by atoms with van der Waals surface area (Å²) >= 11 is 3.35. The van der Waals surface area contributed by atoms with E-state index in [-0.39, 0.29) is 17.5 Å². The Morgan fingerprint density at radius 2 is 2.25 bits per heavy atom. The van der Waals surface area contributed by atoms with Crippen molar-refractivity contribution in [2.75, 3.05) is 5.73 Å². The van der Waals surface area contributed by atoms with Crippen molar-refractivity contribution in [1.82, 2.24) is 4.98 Å². The van der Waals surface area contributed by atoms with E-state index in [1.165, 1.54) is 6.92 Å². The van der Waals surface area contributed by atoms with Crippen LogP contribution in [0.3, 0.4) is 0 Å². The van der Waals surface area contributed by atoms with Gasteiger partial charge in [0.1, 0.15) is 0 Å². The molecule has 0 unspecified atom stereocenters. The quantitative estimate of drug-likeness (QED) is 0.859. The minimum absolute atomic E-state index is 0.000163. The average Bonchev–Trinajstić information content (AvgIpc) is 2.60. The maximum Gasteiger partial charge on any atom is 0.293 e.